The second-order valence-corrected chi connectivity index (χ2v) is 3.81. The maximum Gasteiger partial charge on any atom is 0.320 e. The molecule has 3 nitrogen and oxygen atoms in total. The number of rotatable bonds is 5. The van der Waals surface area contributed by atoms with E-state index in [1.54, 1.807) is 0 Å². The molecule has 0 heterocycles. The van der Waals surface area contributed by atoms with Crippen molar-refractivity contribution in [2.45, 2.75) is 45.1 Å². The van der Waals surface area contributed by atoms with Crippen LogP contribution in [-0.4, -0.2) is 23.7 Å². The second-order valence-electron chi connectivity index (χ2n) is 3.81. The molecule has 0 bridgehead atoms. The van der Waals surface area contributed by atoms with E-state index in [9.17, 15) is 4.79 Å². The van der Waals surface area contributed by atoms with E-state index in [1.165, 1.54) is 12.8 Å². The van der Waals surface area contributed by atoms with Crippen LogP contribution in [0, 0.1) is 5.92 Å². The zero-order valence-electron chi connectivity index (χ0n) is 8.25. The largest absolute Gasteiger partial charge is 0.480 e. The minimum absolute atomic E-state index is 0.303. The van der Waals surface area contributed by atoms with Crippen LogP contribution in [0.2, 0.25) is 0 Å². The molecule has 2 N–H and O–H groups in total. The van der Waals surface area contributed by atoms with E-state index in [0.717, 1.165) is 25.8 Å². The van der Waals surface area contributed by atoms with Gasteiger partial charge in [0.05, 0.1) is 0 Å². The zero-order chi connectivity index (χ0) is 9.68. The number of hydrogen-bond acceptors (Lipinski definition) is 2. The third kappa shape index (κ3) is 2.99. The first-order valence-corrected chi connectivity index (χ1v) is 5.22. The maximum absolute atomic E-state index is 10.9. The maximum atomic E-state index is 10.9. The van der Waals surface area contributed by atoms with Gasteiger partial charge in [0.2, 0.25) is 0 Å². The molecule has 3 heteroatoms. The van der Waals surface area contributed by atoms with Crippen LogP contribution in [0.5, 0.6) is 0 Å². The minimum atomic E-state index is -0.680. The van der Waals surface area contributed by atoms with E-state index < -0.39 is 5.97 Å². The predicted molar refractivity (Wildman–Crippen MR) is 51.7 cm³/mol. The molecule has 0 aromatic heterocycles. The number of carbonyl (C=O) groups is 1. The Kier molecular flexibility index (Phi) is 4.22. The number of aliphatic carboxylic acids is 1. The SMILES string of the molecule is CCCNC(C(=O)O)C1CCCC1. The predicted octanol–water partition coefficient (Wildman–Crippen LogP) is 1.63. The molecule has 0 amide bonds. The van der Waals surface area contributed by atoms with Gasteiger partial charge >= 0.3 is 5.97 Å². The highest BCUT2D eigenvalue weighted by molar-refractivity contribution is 5.73. The van der Waals surface area contributed by atoms with Crippen molar-refractivity contribution in [3.8, 4) is 0 Å². The molecule has 1 fully saturated rings. The Balaban J connectivity index is 2.40. The Labute approximate surface area is 79.5 Å². The van der Waals surface area contributed by atoms with Gasteiger partial charge < -0.3 is 10.4 Å². The van der Waals surface area contributed by atoms with Crippen molar-refractivity contribution in [3.05, 3.63) is 0 Å². The van der Waals surface area contributed by atoms with Crippen molar-refractivity contribution in [1.29, 1.82) is 0 Å². The highest BCUT2D eigenvalue weighted by Crippen LogP contribution is 2.27. The fourth-order valence-electron chi connectivity index (χ4n) is 2.05. The Bertz CT molecular complexity index is 164. The molecule has 0 spiro atoms. The first-order chi connectivity index (χ1) is 6.25. The van der Waals surface area contributed by atoms with E-state index in [0.29, 0.717) is 5.92 Å². The molecule has 76 valence electrons. The van der Waals surface area contributed by atoms with Gasteiger partial charge in [-0.15, -0.1) is 0 Å². The molecule has 1 atom stereocenters. The Hall–Kier alpha value is -0.570. The quantitative estimate of drug-likeness (QED) is 0.684. The van der Waals surface area contributed by atoms with E-state index in [1.807, 2.05) is 0 Å². The van der Waals surface area contributed by atoms with E-state index in [-0.39, 0.29) is 6.04 Å². The molecule has 1 unspecified atom stereocenters. The van der Waals surface area contributed by atoms with Gasteiger partial charge in [0, 0.05) is 0 Å². The van der Waals surface area contributed by atoms with Crippen molar-refractivity contribution < 1.29 is 9.90 Å². The molecule has 1 aliphatic carbocycles. The first kappa shape index (κ1) is 10.5. The fraction of sp³-hybridized carbons (Fsp3) is 0.900. The molecule has 1 saturated carbocycles. The molecule has 0 aromatic carbocycles. The lowest BCUT2D eigenvalue weighted by Gasteiger charge is -2.20. The summed E-state index contributed by atoms with van der Waals surface area (Å²) in [7, 11) is 0. The third-order valence-electron chi connectivity index (χ3n) is 2.75. The van der Waals surface area contributed by atoms with E-state index >= 15 is 0 Å². The Morgan fingerprint density at radius 1 is 1.54 bits per heavy atom. The van der Waals surface area contributed by atoms with Gasteiger partial charge in [0.15, 0.2) is 0 Å². The third-order valence-corrected chi connectivity index (χ3v) is 2.75. The van der Waals surface area contributed by atoms with Gasteiger partial charge in [-0.2, -0.15) is 0 Å². The van der Waals surface area contributed by atoms with Crippen molar-refractivity contribution >= 4 is 5.97 Å². The van der Waals surface area contributed by atoms with Crippen LogP contribution in [0.3, 0.4) is 0 Å². The second kappa shape index (κ2) is 5.22. The lowest BCUT2D eigenvalue weighted by molar-refractivity contribution is -0.140. The molecular weight excluding hydrogens is 166 g/mol. The Morgan fingerprint density at radius 3 is 2.62 bits per heavy atom. The topological polar surface area (TPSA) is 49.3 Å². The fourth-order valence-corrected chi connectivity index (χ4v) is 2.05. The molecular formula is C10H19NO2. The molecule has 1 rings (SSSR count). The van der Waals surface area contributed by atoms with Gasteiger partial charge in [-0.3, -0.25) is 4.79 Å². The van der Waals surface area contributed by atoms with Gasteiger partial charge in [-0.25, -0.2) is 0 Å². The van der Waals surface area contributed by atoms with Crippen molar-refractivity contribution in [2.75, 3.05) is 6.54 Å². The normalized spacial score (nSPS) is 20.4. The van der Waals surface area contributed by atoms with E-state index in [2.05, 4.69) is 12.2 Å². The van der Waals surface area contributed by atoms with E-state index in [4.69, 9.17) is 5.11 Å². The van der Waals surface area contributed by atoms with Crippen molar-refractivity contribution in [2.24, 2.45) is 5.92 Å². The van der Waals surface area contributed by atoms with Crippen LogP contribution < -0.4 is 5.32 Å². The standard InChI is InChI=1S/C10H19NO2/c1-2-7-11-9(10(12)13)8-5-3-4-6-8/h8-9,11H,2-7H2,1H3,(H,12,13). The highest BCUT2D eigenvalue weighted by atomic mass is 16.4. The summed E-state index contributed by atoms with van der Waals surface area (Å²) in [5.41, 5.74) is 0. The average Bonchev–Trinajstić information content (AvgIpc) is 2.57. The first-order valence-electron chi connectivity index (χ1n) is 5.22. The summed E-state index contributed by atoms with van der Waals surface area (Å²) in [5.74, 6) is -0.315. The monoisotopic (exact) mass is 185 g/mol. The molecule has 0 saturated heterocycles. The lowest BCUT2D eigenvalue weighted by atomic mass is 9.98. The minimum Gasteiger partial charge on any atom is -0.480 e. The summed E-state index contributed by atoms with van der Waals surface area (Å²) in [6, 6.07) is -0.303. The van der Waals surface area contributed by atoms with Gasteiger partial charge in [-0.1, -0.05) is 19.8 Å². The summed E-state index contributed by atoms with van der Waals surface area (Å²) in [4.78, 5) is 10.9. The summed E-state index contributed by atoms with van der Waals surface area (Å²) in [6.07, 6.45) is 5.54. The van der Waals surface area contributed by atoms with Crippen LogP contribution in [0.15, 0.2) is 0 Å². The lowest BCUT2D eigenvalue weighted by Crippen LogP contribution is -2.42. The summed E-state index contributed by atoms with van der Waals surface area (Å²) in [6.45, 7) is 2.87. The summed E-state index contributed by atoms with van der Waals surface area (Å²) in [5, 5.41) is 12.1. The Morgan fingerprint density at radius 2 is 2.15 bits per heavy atom. The van der Waals surface area contributed by atoms with Crippen LogP contribution in [0.1, 0.15) is 39.0 Å². The van der Waals surface area contributed by atoms with Crippen LogP contribution in [-0.2, 0) is 4.79 Å². The van der Waals surface area contributed by atoms with Crippen LogP contribution >= 0.6 is 0 Å². The number of carboxylic acids is 1. The van der Waals surface area contributed by atoms with Crippen molar-refractivity contribution in [3.63, 3.8) is 0 Å². The smallest absolute Gasteiger partial charge is 0.320 e. The number of nitrogens with one attached hydrogen (secondary N) is 1. The highest BCUT2D eigenvalue weighted by Gasteiger charge is 2.29. The van der Waals surface area contributed by atoms with Crippen LogP contribution in [0.25, 0.3) is 0 Å². The van der Waals surface area contributed by atoms with Crippen molar-refractivity contribution in [1.82, 2.24) is 5.32 Å². The molecule has 0 aliphatic heterocycles. The summed E-state index contributed by atoms with van der Waals surface area (Å²) < 4.78 is 0. The average molecular weight is 185 g/mol. The molecule has 0 radical (unpaired) electrons. The summed E-state index contributed by atoms with van der Waals surface area (Å²) >= 11 is 0. The van der Waals surface area contributed by atoms with Gasteiger partial charge in [-0.05, 0) is 31.7 Å². The van der Waals surface area contributed by atoms with Gasteiger partial charge in [0.25, 0.3) is 0 Å². The number of carboxylic acid groups (broad SMARTS) is 1. The number of hydrogen-bond donors (Lipinski definition) is 2. The zero-order valence-corrected chi connectivity index (χ0v) is 8.25. The molecule has 0 aromatic rings. The van der Waals surface area contributed by atoms with Crippen LogP contribution in [0.4, 0.5) is 0 Å². The molecule has 1 aliphatic rings. The van der Waals surface area contributed by atoms with Gasteiger partial charge in [0.1, 0.15) is 6.04 Å². The molecule has 13 heavy (non-hydrogen) atoms.